The third-order valence-electron chi connectivity index (χ3n) is 1.92. The van der Waals surface area contributed by atoms with E-state index in [-0.39, 0.29) is 0 Å². The highest BCUT2D eigenvalue weighted by atomic mass is 16.5. The van der Waals surface area contributed by atoms with Crippen molar-refractivity contribution in [1.29, 1.82) is 0 Å². The van der Waals surface area contributed by atoms with Gasteiger partial charge >= 0.3 is 0 Å². The fraction of sp³-hybridized carbons (Fsp3) is 0.333. The molecule has 11 heavy (non-hydrogen) atoms. The van der Waals surface area contributed by atoms with E-state index in [0.29, 0.717) is 6.10 Å². The van der Waals surface area contributed by atoms with Crippen LogP contribution < -0.4 is 10.5 Å². The molecule has 2 N–H and O–H groups in total. The molecule has 0 saturated carbocycles. The quantitative estimate of drug-likeness (QED) is 0.568. The molecule has 0 unspecified atom stereocenters. The zero-order valence-corrected chi connectivity index (χ0v) is 6.50. The number of nitrogens with two attached hydrogens (primary N) is 1. The summed E-state index contributed by atoms with van der Waals surface area (Å²) >= 11 is 0. The van der Waals surface area contributed by atoms with E-state index in [1.54, 1.807) is 0 Å². The summed E-state index contributed by atoms with van der Waals surface area (Å²) in [7, 11) is 0. The number of nitrogen functional groups attached to an aromatic ring is 1. The van der Waals surface area contributed by atoms with Gasteiger partial charge in [-0.3, -0.25) is 0 Å². The Morgan fingerprint density at radius 3 is 3.18 bits per heavy atom. The molecular weight excluding hydrogens is 138 g/mol. The highest BCUT2D eigenvalue weighted by molar-refractivity contribution is 5.49. The van der Waals surface area contributed by atoms with E-state index in [4.69, 9.17) is 10.5 Å². The van der Waals surface area contributed by atoms with Crippen LogP contribution in [0.2, 0.25) is 0 Å². The third-order valence-corrected chi connectivity index (χ3v) is 1.92. The van der Waals surface area contributed by atoms with Gasteiger partial charge in [-0.15, -0.1) is 0 Å². The second kappa shape index (κ2) is 2.16. The van der Waals surface area contributed by atoms with Gasteiger partial charge in [0.1, 0.15) is 11.9 Å². The van der Waals surface area contributed by atoms with Gasteiger partial charge in [0.25, 0.3) is 0 Å². The molecule has 1 aromatic rings. The van der Waals surface area contributed by atoms with E-state index in [2.05, 4.69) is 6.92 Å². The molecule has 1 heterocycles. The summed E-state index contributed by atoms with van der Waals surface area (Å²) in [5, 5.41) is 0. The first kappa shape index (κ1) is 6.53. The summed E-state index contributed by atoms with van der Waals surface area (Å²) in [6.45, 7) is 2.07. The Balaban J connectivity index is 2.43. The van der Waals surface area contributed by atoms with E-state index in [0.717, 1.165) is 17.9 Å². The van der Waals surface area contributed by atoms with Crippen LogP contribution in [0.5, 0.6) is 5.75 Å². The Bertz CT molecular complexity index is 283. The van der Waals surface area contributed by atoms with Gasteiger partial charge < -0.3 is 10.5 Å². The van der Waals surface area contributed by atoms with Gasteiger partial charge in [-0.05, 0) is 30.7 Å². The van der Waals surface area contributed by atoms with Crippen molar-refractivity contribution in [2.45, 2.75) is 19.4 Å². The molecule has 2 heteroatoms. The van der Waals surface area contributed by atoms with Crippen LogP contribution in [-0.4, -0.2) is 6.10 Å². The summed E-state index contributed by atoms with van der Waals surface area (Å²) in [5.74, 6) is 0.992. The first-order chi connectivity index (χ1) is 5.25. The number of ether oxygens (including phenoxy) is 1. The monoisotopic (exact) mass is 149 g/mol. The third kappa shape index (κ3) is 1.04. The molecule has 0 bridgehead atoms. The van der Waals surface area contributed by atoms with Gasteiger partial charge in [0.05, 0.1) is 0 Å². The fourth-order valence-electron chi connectivity index (χ4n) is 1.44. The SMILES string of the molecule is C[C@H]1Cc2cc(N)ccc2O1. The largest absolute Gasteiger partial charge is 0.490 e. The Kier molecular flexibility index (Phi) is 1.28. The first-order valence-corrected chi connectivity index (χ1v) is 3.81. The molecule has 0 radical (unpaired) electrons. The molecule has 0 fully saturated rings. The predicted molar refractivity (Wildman–Crippen MR) is 44.6 cm³/mol. The standard InChI is InChI=1S/C9H11NO/c1-6-4-7-5-8(10)2-3-9(7)11-6/h2-3,5-6H,4,10H2,1H3/t6-/m0/s1. The number of anilines is 1. The maximum Gasteiger partial charge on any atom is 0.123 e. The normalized spacial score (nSPS) is 21.0. The van der Waals surface area contributed by atoms with Gasteiger partial charge in [0.2, 0.25) is 0 Å². The summed E-state index contributed by atoms with van der Waals surface area (Å²) < 4.78 is 5.51. The van der Waals surface area contributed by atoms with E-state index in [1.807, 2.05) is 18.2 Å². The first-order valence-electron chi connectivity index (χ1n) is 3.81. The lowest BCUT2D eigenvalue weighted by molar-refractivity contribution is 0.254. The topological polar surface area (TPSA) is 35.2 Å². The van der Waals surface area contributed by atoms with Gasteiger partial charge in [0.15, 0.2) is 0 Å². The smallest absolute Gasteiger partial charge is 0.123 e. The van der Waals surface area contributed by atoms with Gasteiger partial charge in [-0.2, -0.15) is 0 Å². The van der Waals surface area contributed by atoms with Crippen LogP contribution in [0.1, 0.15) is 12.5 Å². The Morgan fingerprint density at radius 1 is 1.55 bits per heavy atom. The van der Waals surface area contributed by atoms with Crippen molar-refractivity contribution in [3.63, 3.8) is 0 Å². The van der Waals surface area contributed by atoms with Crippen molar-refractivity contribution in [2.75, 3.05) is 5.73 Å². The van der Waals surface area contributed by atoms with E-state index in [9.17, 15) is 0 Å². The van der Waals surface area contributed by atoms with Gasteiger partial charge in [0, 0.05) is 12.1 Å². The minimum absolute atomic E-state index is 0.312. The fourth-order valence-corrected chi connectivity index (χ4v) is 1.44. The molecule has 1 aromatic carbocycles. The summed E-state index contributed by atoms with van der Waals surface area (Å²) in [5.41, 5.74) is 7.68. The minimum Gasteiger partial charge on any atom is -0.490 e. The zero-order chi connectivity index (χ0) is 7.84. The molecule has 0 aliphatic carbocycles. The van der Waals surface area contributed by atoms with Crippen LogP contribution in [0.3, 0.4) is 0 Å². The molecule has 0 aromatic heterocycles. The minimum atomic E-state index is 0.312. The molecule has 0 saturated heterocycles. The molecule has 1 aliphatic heterocycles. The lowest BCUT2D eigenvalue weighted by Gasteiger charge is -2.01. The average Bonchev–Trinajstić information content (AvgIpc) is 2.27. The van der Waals surface area contributed by atoms with E-state index >= 15 is 0 Å². The molecule has 1 aliphatic rings. The summed E-state index contributed by atoms with van der Waals surface area (Å²) in [6.07, 6.45) is 1.30. The van der Waals surface area contributed by atoms with Gasteiger partial charge in [-0.25, -0.2) is 0 Å². The number of hydrogen-bond acceptors (Lipinski definition) is 2. The zero-order valence-electron chi connectivity index (χ0n) is 6.50. The van der Waals surface area contributed by atoms with Crippen LogP contribution in [0.15, 0.2) is 18.2 Å². The van der Waals surface area contributed by atoms with Crippen LogP contribution in [0, 0.1) is 0 Å². The van der Waals surface area contributed by atoms with Crippen LogP contribution >= 0.6 is 0 Å². The molecule has 0 amide bonds. The van der Waals surface area contributed by atoms with Crippen molar-refractivity contribution < 1.29 is 4.74 Å². The number of rotatable bonds is 0. The summed E-state index contributed by atoms with van der Waals surface area (Å²) in [6, 6.07) is 5.80. The highest BCUT2D eigenvalue weighted by Crippen LogP contribution is 2.29. The van der Waals surface area contributed by atoms with Crippen molar-refractivity contribution in [3.05, 3.63) is 23.8 Å². The van der Waals surface area contributed by atoms with Gasteiger partial charge in [-0.1, -0.05) is 0 Å². The Morgan fingerprint density at radius 2 is 2.36 bits per heavy atom. The van der Waals surface area contributed by atoms with E-state index < -0.39 is 0 Å². The number of fused-ring (bicyclic) bond motifs is 1. The van der Waals surface area contributed by atoms with Crippen molar-refractivity contribution in [1.82, 2.24) is 0 Å². The lowest BCUT2D eigenvalue weighted by Crippen LogP contribution is -2.05. The van der Waals surface area contributed by atoms with Crippen molar-refractivity contribution >= 4 is 5.69 Å². The van der Waals surface area contributed by atoms with Crippen molar-refractivity contribution in [2.24, 2.45) is 0 Å². The number of hydrogen-bond donors (Lipinski definition) is 1. The second-order valence-corrected chi connectivity index (χ2v) is 3.00. The molecule has 0 spiro atoms. The maximum absolute atomic E-state index is 5.62. The molecule has 1 atom stereocenters. The molecule has 2 rings (SSSR count). The van der Waals surface area contributed by atoms with Crippen LogP contribution in [-0.2, 0) is 6.42 Å². The second-order valence-electron chi connectivity index (χ2n) is 3.00. The number of benzene rings is 1. The molecular formula is C9H11NO. The lowest BCUT2D eigenvalue weighted by atomic mass is 10.1. The van der Waals surface area contributed by atoms with Crippen LogP contribution in [0.4, 0.5) is 5.69 Å². The maximum atomic E-state index is 5.62. The van der Waals surface area contributed by atoms with Crippen LogP contribution in [0.25, 0.3) is 0 Å². The average molecular weight is 149 g/mol. The Labute approximate surface area is 66.0 Å². The predicted octanol–water partition coefficient (Wildman–Crippen LogP) is 1.59. The molecule has 58 valence electrons. The highest BCUT2D eigenvalue weighted by Gasteiger charge is 2.17. The van der Waals surface area contributed by atoms with E-state index in [1.165, 1.54) is 5.56 Å². The van der Waals surface area contributed by atoms with Crippen molar-refractivity contribution in [3.8, 4) is 5.75 Å². The molecule has 2 nitrogen and oxygen atoms in total. The summed E-state index contributed by atoms with van der Waals surface area (Å²) in [4.78, 5) is 0. The Hall–Kier alpha value is -1.18.